The number of rotatable bonds is 4. The fourth-order valence-electron chi connectivity index (χ4n) is 2.09. The number of nitrogens with one attached hydrogen (secondary N) is 1. The smallest absolute Gasteiger partial charge is 0.0992 e. The van der Waals surface area contributed by atoms with Gasteiger partial charge in [0.15, 0.2) is 0 Å². The molecule has 3 aromatic rings. The summed E-state index contributed by atoms with van der Waals surface area (Å²) < 4.78 is 2.81. The van der Waals surface area contributed by atoms with Gasteiger partial charge in [-0.2, -0.15) is 0 Å². The SMILES string of the molecule is CC(Nc1ccccc1-n1ccnc1)c1csc(Cl)c1. The minimum Gasteiger partial charge on any atom is -0.377 e. The first-order valence-electron chi connectivity index (χ1n) is 6.32. The Morgan fingerprint density at radius 1 is 1.35 bits per heavy atom. The maximum Gasteiger partial charge on any atom is 0.0992 e. The van der Waals surface area contributed by atoms with Crippen LogP contribution in [0.1, 0.15) is 18.5 Å². The standard InChI is InChI=1S/C15H14ClN3S/c1-11(12-8-15(16)20-9-12)18-13-4-2-3-5-14(13)19-7-6-17-10-19/h2-11,18H,1H3. The van der Waals surface area contributed by atoms with Gasteiger partial charge in [0.05, 0.1) is 22.0 Å². The van der Waals surface area contributed by atoms with E-state index in [0.717, 1.165) is 15.7 Å². The molecule has 1 aromatic carbocycles. The summed E-state index contributed by atoms with van der Waals surface area (Å²) in [7, 11) is 0. The monoisotopic (exact) mass is 303 g/mol. The number of halogens is 1. The van der Waals surface area contributed by atoms with Gasteiger partial charge in [-0.3, -0.25) is 0 Å². The predicted octanol–water partition coefficient (Wildman–Crippen LogP) is 4.76. The van der Waals surface area contributed by atoms with Crippen molar-refractivity contribution in [2.75, 3.05) is 5.32 Å². The molecule has 0 amide bonds. The molecule has 1 N–H and O–H groups in total. The van der Waals surface area contributed by atoms with Gasteiger partial charge in [0.2, 0.25) is 0 Å². The molecule has 102 valence electrons. The summed E-state index contributed by atoms with van der Waals surface area (Å²) in [4.78, 5) is 4.10. The summed E-state index contributed by atoms with van der Waals surface area (Å²) in [6.45, 7) is 2.13. The number of benzene rings is 1. The van der Waals surface area contributed by atoms with Crippen molar-refractivity contribution >= 4 is 28.6 Å². The van der Waals surface area contributed by atoms with Crippen molar-refractivity contribution < 1.29 is 0 Å². The van der Waals surface area contributed by atoms with Crippen LogP contribution in [0.2, 0.25) is 4.34 Å². The van der Waals surface area contributed by atoms with Crippen LogP contribution in [0.5, 0.6) is 0 Å². The van der Waals surface area contributed by atoms with Crippen molar-refractivity contribution in [3.63, 3.8) is 0 Å². The first kappa shape index (κ1) is 13.2. The van der Waals surface area contributed by atoms with Gasteiger partial charge >= 0.3 is 0 Å². The van der Waals surface area contributed by atoms with E-state index in [-0.39, 0.29) is 6.04 Å². The van der Waals surface area contributed by atoms with Crippen LogP contribution < -0.4 is 5.32 Å². The lowest BCUT2D eigenvalue weighted by atomic mass is 10.1. The third-order valence-corrected chi connectivity index (χ3v) is 4.26. The zero-order chi connectivity index (χ0) is 13.9. The Kier molecular flexibility index (Phi) is 3.76. The molecular formula is C15H14ClN3S. The summed E-state index contributed by atoms with van der Waals surface area (Å²) in [6.07, 6.45) is 5.51. The summed E-state index contributed by atoms with van der Waals surface area (Å²) in [5, 5.41) is 5.61. The van der Waals surface area contributed by atoms with Crippen molar-refractivity contribution in [2.24, 2.45) is 0 Å². The summed E-state index contributed by atoms with van der Waals surface area (Å²) in [5.41, 5.74) is 3.35. The highest BCUT2D eigenvalue weighted by molar-refractivity contribution is 7.14. The minimum atomic E-state index is 0.198. The third kappa shape index (κ3) is 2.71. The highest BCUT2D eigenvalue weighted by Gasteiger charge is 2.10. The molecule has 5 heteroatoms. The predicted molar refractivity (Wildman–Crippen MR) is 84.9 cm³/mol. The summed E-state index contributed by atoms with van der Waals surface area (Å²) in [5.74, 6) is 0. The second-order valence-electron chi connectivity index (χ2n) is 4.54. The number of thiophene rings is 1. The van der Waals surface area contributed by atoms with Crippen LogP contribution in [0.3, 0.4) is 0 Å². The van der Waals surface area contributed by atoms with Crippen molar-refractivity contribution in [1.82, 2.24) is 9.55 Å². The number of aromatic nitrogens is 2. The molecule has 0 fully saturated rings. The molecule has 2 aromatic heterocycles. The lowest BCUT2D eigenvalue weighted by Gasteiger charge is -2.17. The van der Waals surface area contributed by atoms with Crippen LogP contribution in [0.25, 0.3) is 5.69 Å². The molecule has 0 saturated heterocycles. The Morgan fingerprint density at radius 3 is 2.90 bits per heavy atom. The lowest BCUT2D eigenvalue weighted by Crippen LogP contribution is -2.08. The highest BCUT2D eigenvalue weighted by Crippen LogP contribution is 2.29. The van der Waals surface area contributed by atoms with E-state index in [1.807, 2.05) is 29.0 Å². The normalized spacial score (nSPS) is 12.3. The molecular weight excluding hydrogens is 290 g/mol. The van der Waals surface area contributed by atoms with E-state index >= 15 is 0 Å². The van der Waals surface area contributed by atoms with Crippen LogP contribution in [-0.4, -0.2) is 9.55 Å². The van der Waals surface area contributed by atoms with Crippen LogP contribution in [-0.2, 0) is 0 Å². The zero-order valence-corrected chi connectivity index (χ0v) is 12.5. The number of nitrogens with zero attached hydrogens (tertiary/aromatic N) is 2. The summed E-state index contributed by atoms with van der Waals surface area (Å²) in [6, 6.07) is 10.4. The molecule has 1 atom stereocenters. The Labute approximate surface area is 126 Å². The van der Waals surface area contributed by atoms with Gasteiger partial charge in [-0.25, -0.2) is 4.98 Å². The molecule has 0 spiro atoms. The molecule has 0 radical (unpaired) electrons. The van der Waals surface area contributed by atoms with E-state index in [4.69, 9.17) is 11.6 Å². The van der Waals surface area contributed by atoms with Crippen molar-refractivity contribution in [1.29, 1.82) is 0 Å². The average Bonchev–Trinajstić information content (AvgIpc) is 3.10. The molecule has 3 nitrogen and oxygen atoms in total. The van der Waals surface area contributed by atoms with E-state index in [9.17, 15) is 0 Å². The number of para-hydroxylation sites is 2. The molecule has 0 aliphatic carbocycles. The quantitative estimate of drug-likeness (QED) is 0.753. The summed E-state index contributed by atoms with van der Waals surface area (Å²) >= 11 is 7.55. The van der Waals surface area contributed by atoms with Gasteiger partial charge in [-0.1, -0.05) is 23.7 Å². The fraction of sp³-hybridized carbons (Fsp3) is 0.133. The molecule has 2 heterocycles. The molecule has 0 aliphatic rings. The first-order valence-corrected chi connectivity index (χ1v) is 7.57. The van der Waals surface area contributed by atoms with Gasteiger partial charge in [-0.15, -0.1) is 11.3 Å². The van der Waals surface area contributed by atoms with Gasteiger partial charge in [0.1, 0.15) is 0 Å². The lowest BCUT2D eigenvalue weighted by molar-refractivity contribution is 0.885. The first-order chi connectivity index (χ1) is 9.74. The second-order valence-corrected chi connectivity index (χ2v) is 6.08. The third-order valence-electron chi connectivity index (χ3n) is 3.15. The Hall–Kier alpha value is -1.78. The van der Waals surface area contributed by atoms with E-state index < -0.39 is 0 Å². The molecule has 20 heavy (non-hydrogen) atoms. The Balaban J connectivity index is 1.88. The van der Waals surface area contributed by atoms with Gasteiger partial charge in [0.25, 0.3) is 0 Å². The van der Waals surface area contributed by atoms with Gasteiger partial charge in [0, 0.05) is 18.4 Å². The second kappa shape index (κ2) is 5.69. The van der Waals surface area contributed by atoms with Crippen LogP contribution in [0.4, 0.5) is 5.69 Å². The number of imidazole rings is 1. The maximum atomic E-state index is 6.00. The topological polar surface area (TPSA) is 29.9 Å². The van der Waals surface area contributed by atoms with E-state index in [2.05, 4.69) is 34.7 Å². The molecule has 3 rings (SSSR count). The van der Waals surface area contributed by atoms with Crippen molar-refractivity contribution in [3.05, 3.63) is 64.3 Å². The van der Waals surface area contributed by atoms with Gasteiger partial charge < -0.3 is 9.88 Å². The largest absolute Gasteiger partial charge is 0.377 e. The minimum absolute atomic E-state index is 0.198. The molecule has 0 aliphatic heterocycles. The molecule has 0 saturated carbocycles. The maximum absolute atomic E-state index is 6.00. The highest BCUT2D eigenvalue weighted by atomic mass is 35.5. The number of hydrogen-bond acceptors (Lipinski definition) is 3. The average molecular weight is 304 g/mol. The number of anilines is 1. The van der Waals surface area contributed by atoms with E-state index in [1.54, 1.807) is 23.9 Å². The molecule has 0 bridgehead atoms. The Bertz CT molecular complexity index is 691. The Morgan fingerprint density at radius 2 is 2.20 bits per heavy atom. The van der Waals surface area contributed by atoms with E-state index in [0.29, 0.717) is 0 Å². The van der Waals surface area contributed by atoms with Crippen LogP contribution in [0.15, 0.2) is 54.4 Å². The van der Waals surface area contributed by atoms with Gasteiger partial charge in [-0.05, 0) is 36.1 Å². The van der Waals surface area contributed by atoms with E-state index in [1.165, 1.54) is 5.56 Å². The fourth-order valence-corrected chi connectivity index (χ4v) is 3.07. The van der Waals surface area contributed by atoms with Crippen molar-refractivity contribution in [3.8, 4) is 5.69 Å². The van der Waals surface area contributed by atoms with Crippen LogP contribution >= 0.6 is 22.9 Å². The number of hydrogen-bond donors (Lipinski definition) is 1. The van der Waals surface area contributed by atoms with Crippen molar-refractivity contribution in [2.45, 2.75) is 13.0 Å². The zero-order valence-electron chi connectivity index (χ0n) is 11.0. The van der Waals surface area contributed by atoms with Crippen LogP contribution in [0, 0.1) is 0 Å². The molecule has 1 unspecified atom stereocenters.